The van der Waals surface area contributed by atoms with E-state index in [2.05, 4.69) is 10.8 Å². The maximum absolute atomic E-state index is 12.9. The van der Waals surface area contributed by atoms with Gasteiger partial charge in [0, 0.05) is 31.7 Å². The third-order valence-electron chi connectivity index (χ3n) is 5.69. The molecular formula is C21H29N3O4. The fourth-order valence-electron chi connectivity index (χ4n) is 4.05. The summed E-state index contributed by atoms with van der Waals surface area (Å²) in [6.07, 6.45) is 6.67. The lowest BCUT2D eigenvalue weighted by molar-refractivity contribution is -0.153. The van der Waals surface area contributed by atoms with Crippen LogP contribution in [0.15, 0.2) is 24.3 Å². The SMILES string of the molecule is COc1ccc(C2=CC(C)(C(=O)N3CCNCC3)ON2)cc1OC1CCCC1. The van der Waals surface area contributed by atoms with Gasteiger partial charge in [-0.3, -0.25) is 15.1 Å². The molecule has 2 aliphatic heterocycles. The average molecular weight is 387 g/mol. The van der Waals surface area contributed by atoms with E-state index in [-0.39, 0.29) is 12.0 Å². The third-order valence-corrected chi connectivity index (χ3v) is 5.69. The van der Waals surface area contributed by atoms with Crippen molar-refractivity contribution in [1.29, 1.82) is 0 Å². The lowest BCUT2D eigenvalue weighted by atomic mass is 10.0. The highest BCUT2D eigenvalue weighted by Crippen LogP contribution is 2.36. The van der Waals surface area contributed by atoms with Crippen LogP contribution in [0.4, 0.5) is 0 Å². The molecule has 1 saturated carbocycles. The summed E-state index contributed by atoms with van der Waals surface area (Å²) in [6, 6.07) is 5.81. The molecule has 1 saturated heterocycles. The number of rotatable bonds is 5. The largest absolute Gasteiger partial charge is 0.493 e. The molecule has 0 radical (unpaired) electrons. The standard InChI is InChI=1S/C21H29N3O4/c1-21(20(25)24-11-9-22-10-12-24)14-17(23-28-21)15-7-8-18(26-2)19(13-15)27-16-5-3-4-6-16/h7-8,13-14,16,22-23H,3-6,9-12H2,1-2H3. The highest BCUT2D eigenvalue weighted by Gasteiger charge is 2.41. The Morgan fingerprint density at radius 1 is 1.21 bits per heavy atom. The molecule has 7 heteroatoms. The van der Waals surface area contributed by atoms with Crippen molar-refractivity contribution >= 4 is 11.6 Å². The van der Waals surface area contributed by atoms with E-state index >= 15 is 0 Å². The summed E-state index contributed by atoms with van der Waals surface area (Å²) in [6.45, 7) is 4.82. The van der Waals surface area contributed by atoms with E-state index in [1.54, 1.807) is 14.0 Å². The van der Waals surface area contributed by atoms with E-state index < -0.39 is 5.60 Å². The second-order valence-electron chi connectivity index (χ2n) is 7.80. The molecule has 2 N–H and O–H groups in total. The summed E-state index contributed by atoms with van der Waals surface area (Å²) in [7, 11) is 1.65. The monoisotopic (exact) mass is 387 g/mol. The number of piperazine rings is 1. The zero-order valence-corrected chi connectivity index (χ0v) is 16.6. The van der Waals surface area contributed by atoms with Gasteiger partial charge in [0.2, 0.25) is 0 Å². The van der Waals surface area contributed by atoms with Crippen molar-refractivity contribution < 1.29 is 19.1 Å². The van der Waals surface area contributed by atoms with Crippen LogP contribution in [0.1, 0.15) is 38.2 Å². The lowest BCUT2D eigenvalue weighted by Crippen LogP contribution is -2.53. The predicted molar refractivity (Wildman–Crippen MR) is 106 cm³/mol. The van der Waals surface area contributed by atoms with Crippen molar-refractivity contribution in [2.75, 3.05) is 33.3 Å². The normalized spacial score (nSPS) is 25.4. The highest BCUT2D eigenvalue weighted by atomic mass is 16.7. The smallest absolute Gasteiger partial charge is 0.261 e. The van der Waals surface area contributed by atoms with Crippen LogP contribution in [0.2, 0.25) is 0 Å². The van der Waals surface area contributed by atoms with E-state index in [9.17, 15) is 4.79 Å². The van der Waals surface area contributed by atoms with Gasteiger partial charge in [0.25, 0.3) is 5.91 Å². The molecule has 2 heterocycles. The number of methoxy groups -OCH3 is 1. The fraction of sp³-hybridized carbons (Fsp3) is 0.571. The number of hydrogen-bond acceptors (Lipinski definition) is 6. The van der Waals surface area contributed by atoms with Crippen LogP contribution in [-0.4, -0.2) is 55.8 Å². The molecule has 1 aliphatic carbocycles. The van der Waals surface area contributed by atoms with E-state index in [0.29, 0.717) is 13.1 Å². The van der Waals surface area contributed by atoms with Crippen molar-refractivity contribution in [2.45, 2.75) is 44.3 Å². The zero-order valence-electron chi connectivity index (χ0n) is 16.6. The van der Waals surface area contributed by atoms with Gasteiger partial charge in [-0.05, 0) is 56.9 Å². The van der Waals surface area contributed by atoms with E-state index in [1.807, 2.05) is 29.2 Å². The summed E-state index contributed by atoms with van der Waals surface area (Å²) in [5.74, 6) is 1.43. The minimum Gasteiger partial charge on any atom is -0.493 e. The predicted octanol–water partition coefficient (Wildman–Crippen LogP) is 2.08. The maximum Gasteiger partial charge on any atom is 0.261 e. The number of benzene rings is 1. The topological polar surface area (TPSA) is 72.1 Å². The number of hydrogen-bond donors (Lipinski definition) is 2. The van der Waals surface area contributed by atoms with Crippen molar-refractivity contribution in [3.05, 3.63) is 29.8 Å². The molecule has 1 unspecified atom stereocenters. The molecular weight excluding hydrogens is 358 g/mol. The summed E-state index contributed by atoms with van der Waals surface area (Å²) in [4.78, 5) is 20.5. The van der Waals surface area contributed by atoms with Crippen LogP contribution in [0.3, 0.4) is 0 Å². The molecule has 1 amide bonds. The molecule has 0 bridgehead atoms. The summed E-state index contributed by atoms with van der Waals surface area (Å²) in [5.41, 5.74) is 3.61. The van der Waals surface area contributed by atoms with Gasteiger partial charge in [0.05, 0.1) is 18.9 Å². The number of ether oxygens (including phenoxy) is 2. The average Bonchev–Trinajstić information content (AvgIpc) is 3.38. The zero-order chi connectivity index (χ0) is 19.6. The number of amides is 1. The molecule has 1 aromatic rings. The summed E-state index contributed by atoms with van der Waals surface area (Å²) in [5, 5.41) is 3.26. The van der Waals surface area contributed by atoms with Gasteiger partial charge >= 0.3 is 0 Å². The van der Waals surface area contributed by atoms with Crippen LogP contribution < -0.4 is 20.3 Å². The van der Waals surface area contributed by atoms with Crippen LogP contribution in [0.5, 0.6) is 11.5 Å². The number of hydroxylamine groups is 1. The molecule has 1 aromatic carbocycles. The molecule has 152 valence electrons. The summed E-state index contributed by atoms with van der Waals surface area (Å²) >= 11 is 0. The molecule has 3 aliphatic rings. The molecule has 0 spiro atoms. The van der Waals surface area contributed by atoms with E-state index in [0.717, 1.165) is 48.7 Å². The molecule has 4 rings (SSSR count). The minimum atomic E-state index is -1.01. The van der Waals surface area contributed by atoms with E-state index in [1.165, 1.54) is 12.8 Å². The van der Waals surface area contributed by atoms with Crippen molar-refractivity contribution in [3.63, 3.8) is 0 Å². The second-order valence-corrected chi connectivity index (χ2v) is 7.80. The van der Waals surface area contributed by atoms with Crippen molar-refractivity contribution in [1.82, 2.24) is 15.7 Å². The first-order chi connectivity index (χ1) is 13.6. The molecule has 28 heavy (non-hydrogen) atoms. The Morgan fingerprint density at radius 2 is 1.96 bits per heavy atom. The molecule has 2 fully saturated rings. The summed E-state index contributed by atoms with van der Waals surface area (Å²) < 4.78 is 11.7. The van der Waals surface area contributed by atoms with Gasteiger partial charge in [-0.25, -0.2) is 0 Å². The first-order valence-corrected chi connectivity index (χ1v) is 10.1. The van der Waals surface area contributed by atoms with Crippen molar-refractivity contribution in [3.8, 4) is 11.5 Å². The lowest BCUT2D eigenvalue weighted by Gasteiger charge is -2.32. The van der Waals surface area contributed by atoms with Crippen LogP contribution in [-0.2, 0) is 9.63 Å². The van der Waals surface area contributed by atoms with E-state index in [4.69, 9.17) is 14.3 Å². The number of carbonyl (C=O) groups is 1. The Kier molecular flexibility index (Phi) is 5.46. The molecule has 0 aromatic heterocycles. The number of nitrogens with zero attached hydrogens (tertiary/aromatic N) is 1. The first kappa shape index (κ1) is 19.1. The molecule has 7 nitrogen and oxygen atoms in total. The van der Waals surface area contributed by atoms with Gasteiger partial charge in [-0.1, -0.05) is 0 Å². The Bertz CT molecular complexity index is 754. The minimum absolute atomic E-state index is 0.0209. The maximum atomic E-state index is 12.9. The van der Waals surface area contributed by atoms with Crippen LogP contribution in [0.25, 0.3) is 5.70 Å². The van der Waals surface area contributed by atoms with Crippen molar-refractivity contribution in [2.24, 2.45) is 0 Å². The third kappa shape index (κ3) is 3.82. The van der Waals surface area contributed by atoms with Crippen LogP contribution >= 0.6 is 0 Å². The Labute approximate surface area is 166 Å². The van der Waals surface area contributed by atoms with Crippen LogP contribution in [0, 0.1) is 0 Å². The van der Waals surface area contributed by atoms with Gasteiger partial charge in [-0.15, -0.1) is 0 Å². The number of nitrogens with one attached hydrogen (secondary N) is 2. The Morgan fingerprint density at radius 3 is 2.68 bits per heavy atom. The van der Waals surface area contributed by atoms with Gasteiger partial charge in [0.1, 0.15) is 0 Å². The van der Waals surface area contributed by atoms with Gasteiger partial charge < -0.3 is 19.7 Å². The second kappa shape index (κ2) is 8.01. The Balaban J connectivity index is 1.54. The first-order valence-electron chi connectivity index (χ1n) is 10.1. The molecule has 1 atom stereocenters. The van der Waals surface area contributed by atoms with Gasteiger partial charge in [-0.2, -0.15) is 0 Å². The Hall–Kier alpha value is -2.25. The highest BCUT2D eigenvalue weighted by molar-refractivity contribution is 5.90. The quantitative estimate of drug-likeness (QED) is 0.806. The van der Waals surface area contributed by atoms with Gasteiger partial charge in [0.15, 0.2) is 17.1 Å². The number of carbonyl (C=O) groups excluding carboxylic acids is 1. The fourth-order valence-corrected chi connectivity index (χ4v) is 4.05.